The van der Waals surface area contributed by atoms with E-state index >= 15 is 0 Å². The molecule has 3 heteroatoms. The van der Waals surface area contributed by atoms with Crippen LogP contribution in [0.25, 0.3) is 0 Å². The maximum atomic E-state index is 3.66. The third-order valence-electron chi connectivity index (χ3n) is 4.01. The molecule has 19 heavy (non-hydrogen) atoms. The van der Waals surface area contributed by atoms with E-state index in [1.165, 1.54) is 36.9 Å². The van der Waals surface area contributed by atoms with Gasteiger partial charge in [-0.15, -0.1) is 12.4 Å². The molecule has 0 aromatic heterocycles. The lowest BCUT2D eigenvalue weighted by Gasteiger charge is -2.21. The highest BCUT2D eigenvalue weighted by Gasteiger charge is 2.13. The van der Waals surface area contributed by atoms with Gasteiger partial charge in [0.05, 0.1) is 0 Å². The topological polar surface area (TPSA) is 15.3 Å². The molecule has 0 saturated heterocycles. The fourth-order valence-electron chi connectivity index (χ4n) is 2.81. The zero-order valence-corrected chi connectivity index (χ0v) is 13.0. The molecule has 0 amide bonds. The van der Waals surface area contributed by atoms with E-state index in [1.807, 2.05) is 0 Å². The lowest BCUT2D eigenvalue weighted by atomic mass is 10.1. The second kappa shape index (κ2) is 8.44. The highest BCUT2D eigenvalue weighted by molar-refractivity contribution is 5.85. The van der Waals surface area contributed by atoms with Crippen molar-refractivity contribution in [3.05, 3.63) is 29.8 Å². The van der Waals surface area contributed by atoms with Gasteiger partial charge in [-0.2, -0.15) is 0 Å². The third-order valence-corrected chi connectivity index (χ3v) is 4.01. The normalized spacial score (nSPS) is 15.3. The van der Waals surface area contributed by atoms with Gasteiger partial charge in [-0.25, -0.2) is 0 Å². The van der Waals surface area contributed by atoms with Crippen LogP contribution < -0.4 is 10.2 Å². The standard InChI is InChI=1S/C16H26N2.ClH/c1-3-18(4-2)16-11-9-14(10-12-16)13-17-15-7-5-6-8-15;/h9-12,15,17H,3-8,13H2,1-2H3;1H. The number of benzene rings is 1. The zero-order chi connectivity index (χ0) is 12.8. The van der Waals surface area contributed by atoms with E-state index in [0.29, 0.717) is 0 Å². The van der Waals surface area contributed by atoms with Gasteiger partial charge < -0.3 is 10.2 Å². The summed E-state index contributed by atoms with van der Waals surface area (Å²) in [6.07, 6.45) is 5.52. The Morgan fingerprint density at radius 3 is 2.16 bits per heavy atom. The molecule has 1 fully saturated rings. The van der Waals surface area contributed by atoms with Gasteiger partial charge in [0, 0.05) is 31.4 Å². The summed E-state index contributed by atoms with van der Waals surface area (Å²) in [5.74, 6) is 0. The molecule has 0 bridgehead atoms. The van der Waals surface area contributed by atoms with E-state index in [2.05, 4.69) is 48.3 Å². The summed E-state index contributed by atoms with van der Waals surface area (Å²) in [5, 5.41) is 3.66. The van der Waals surface area contributed by atoms with E-state index in [1.54, 1.807) is 0 Å². The zero-order valence-electron chi connectivity index (χ0n) is 12.2. The Labute approximate surface area is 124 Å². The van der Waals surface area contributed by atoms with Gasteiger partial charge in [-0.1, -0.05) is 25.0 Å². The van der Waals surface area contributed by atoms with Crippen LogP contribution in [0, 0.1) is 0 Å². The number of hydrogen-bond donors (Lipinski definition) is 1. The van der Waals surface area contributed by atoms with Crippen molar-refractivity contribution in [3.63, 3.8) is 0 Å². The molecule has 108 valence electrons. The fraction of sp³-hybridized carbons (Fsp3) is 0.625. The van der Waals surface area contributed by atoms with E-state index in [9.17, 15) is 0 Å². The highest BCUT2D eigenvalue weighted by Crippen LogP contribution is 2.19. The van der Waals surface area contributed by atoms with Gasteiger partial charge >= 0.3 is 0 Å². The molecule has 1 aliphatic rings. The molecule has 0 heterocycles. The molecular weight excluding hydrogens is 256 g/mol. The van der Waals surface area contributed by atoms with E-state index in [4.69, 9.17) is 0 Å². The van der Waals surface area contributed by atoms with Crippen molar-refractivity contribution in [1.29, 1.82) is 0 Å². The van der Waals surface area contributed by atoms with Crippen LogP contribution in [-0.4, -0.2) is 19.1 Å². The monoisotopic (exact) mass is 282 g/mol. The van der Waals surface area contributed by atoms with Crippen LogP contribution >= 0.6 is 12.4 Å². The Kier molecular flexibility index (Phi) is 7.25. The van der Waals surface area contributed by atoms with Crippen LogP contribution in [0.1, 0.15) is 45.1 Å². The van der Waals surface area contributed by atoms with Crippen molar-refractivity contribution >= 4 is 18.1 Å². The van der Waals surface area contributed by atoms with Crippen LogP contribution in [0.3, 0.4) is 0 Å². The molecule has 1 N–H and O–H groups in total. The van der Waals surface area contributed by atoms with E-state index in [0.717, 1.165) is 25.7 Å². The first-order valence-corrected chi connectivity index (χ1v) is 7.40. The van der Waals surface area contributed by atoms with Crippen molar-refractivity contribution in [1.82, 2.24) is 5.32 Å². The maximum absolute atomic E-state index is 3.66. The quantitative estimate of drug-likeness (QED) is 0.849. The molecule has 0 unspecified atom stereocenters. The maximum Gasteiger partial charge on any atom is 0.0366 e. The summed E-state index contributed by atoms with van der Waals surface area (Å²) in [7, 11) is 0. The summed E-state index contributed by atoms with van der Waals surface area (Å²) in [6, 6.07) is 9.77. The van der Waals surface area contributed by atoms with Gasteiger partial charge in [0.2, 0.25) is 0 Å². The summed E-state index contributed by atoms with van der Waals surface area (Å²) >= 11 is 0. The highest BCUT2D eigenvalue weighted by atomic mass is 35.5. The minimum atomic E-state index is 0. The Bertz CT molecular complexity index is 340. The van der Waals surface area contributed by atoms with Gasteiger partial charge in [0.25, 0.3) is 0 Å². The Morgan fingerprint density at radius 2 is 1.63 bits per heavy atom. The Hall–Kier alpha value is -0.730. The lowest BCUT2D eigenvalue weighted by molar-refractivity contribution is 0.524. The lowest BCUT2D eigenvalue weighted by Crippen LogP contribution is -2.25. The third kappa shape index (κ3) is 4.70. The van der Waals surface area contributed by atoms with Gasteiger partial charge in [0.15, 0.2) is 0 Å². The molecule has 0 spiro atoms. The number of hydrogen-bond acceptors (Lipinski definition) is 2. The minimum absolute atomic E-state index is 0. The molecule has 0 radical (unpaired) electrons. The van der Waals surface area contributed by atoms with Crippen molar-refractivity contribution in [2.45, 2.75) is 52.1 Å². The Balaban J connectivity index is 0.00000180. The molecule has 1 aromatic carbocycles. The predicted molar refractivity (Wildman–Crippen MR) is 86.3 cm³/mol. The van der Waals surface area contributed by atoms with Gasteiger partial charge in [0.1, 0.15) is 0 Å². The first kappa shape index (κ1) is 16.3. The molecule has 2 rings (SSSR count). The average Bonchev–Trinajstić information content (AvgIpc) is 2.92. The fourth-order valence-corrected chi connectivity index (χ4v) is 2.81. The SMILES string of the molecule is CCN(CC)c1ccc(CNC2CCCC2)cc1.Cl. The van der Waals surface area contributed by atoms with Crippen molar-refractivity contribution in [2.24, 2.45) is 0 Å². The number of halogens is 1. The Morgan fingerprint density at radius 1 is 1.05 bits per heavy atom. The molecule has 1 saturated carbocycles. The molecular formula is C16H27ClN2. The van der Waals surface area contributed by atoms with Crippen LogP contribution in [0.5, 0.6) is 0 Å². The molecule has 0 atom stereocenters. The first-order chi connectivity index (χ1) is 8.83. The smallest absolute Gasteiger partial charge is 0.0366 e. The number of nitrogens with zero attached hydrogens (tertiary/aromatic N) is 1. The minimum Gasteiger partial charge on any atom is -0.372 e. The van der Waals surface area contributed by atoms with Crippen LogP contribution in [-0.2, 0) is 6.54 Å². The van der Waals surface area contributed by atoms with Crippen molar-refractivity contribution in [2.75, 3.05) is 18.0 Å². The van der Waals surface area contributed by atoms with Gasteiger partial charge in [-0.05, 0) is 44.4 Å². The molecule has 0 aliphatic heterocycles. The summed E-state index contributed by atoms with van der Waals surface area (Å²) in [6.45, 7) is 7.59. The van der Waals surface area contributed by atoms with Crippen LogP contribution in [0.15, 0.2) is 24.3 Å². The van der Waals surface area contributed by atoms with E-state index < -0.39 is 0 Å². The second-order valence-electron chi connectivity index (χ2n) is 5.20. The summed E-state index contributed by atoms with van der Waals surface area (Å²) in [5.41, 5.74) is 2.74. The summed E-state index contributed by atoms with van der Waals surface area (Å²) < 4.78 is 0. The predicted octanol–water partition coefficient (Wildman–Crippen LogP) is 3.99. The van der Waals surface area contributed by atoms with Crippen LogP contribution in [0.4, 0.5) is 5.69 Å². The molecule has 1 aliphatic carbocycles. The first-order valence-electron chi connectivity index (χ1n) is 7.40. The molecule has 1 aromatic rings. The van der Waals surface area contributed by atoms with Crippen LogP contribution in [0.2, 0.25) is 0 Å². The molecule has 2 nitrogen and oxygen atoms in total. The largest absolute Gasteiger partial charge is 0.372 e. The average molecular weight is 283 g/mol. The number of anilines is 1. The summed E-state index contributed by atoms with van der Waals surface area (Å²) in [4.78, 5) is 2.38. The number of nitrogens with one attached hydrogen (secondary N) is 1. The van der Waals surface area contributed by atoms with Crippen molar-refractivity contribution in [3.8, 4) is 0 Å². The van der Waals surface area contributed by atoms with E-state index in [-0.39, 0.29) is 12.4 Å². The second-order valence-corrected chi connectivity index (χ2v) is 5.20. The number of rotatable bonds is 6. The van der Waals surface area contributed by atoms with Crippen molar-refractivity contribution < 1.29 is 0 Å². The van der Waals surface area contributed by atoms with Gasteiger partial charge in [-0.3, -0.25) is 0 Å².